The lowest BCUT2D eigenvalue weighted by Crippen LogP contribution is -2.46. The van der Waals surface area contributed by atoms with Gasteiger partial charge in [0.1, 0.15) is 0 Å². The third-order valence-electron chi connectivity index (χ3n) is 3.66. The summed E-state index contributed by atoms with van der Waals surface area (Å²) < 4.78 is 0. The molecule has 0 saturated carbocycles. The Bertz CT molecular complexity index is 654. The SMILES string of the molecule is Cc1ncccc1C(=O)N1CC(N)Cc2ccccc21. The fourth-order valence-corrected chi connectivity index (χ4v) is 2.67. The molecule has 3 rings (SSSR count). The second-order valence-electron chi connectivity index (χ2n) is 5.15. The Morgan fingerprint density at radius 1 is 1.30 bits per heavy atom. The van der Waals surface area contributed by atoms with Gasteiger partial charge in [-0.3, -0.25) is 9.78 Å². The van der Waals surface area contributed by atoms with Crippen LogP contribution >= 0.6 is 0 Å². The van der Waals surface area contributed by atoms with Crippen molar-refractivity contribution in [2.45, 2.75) is 19.4 Å². The normalized spacial score (nSPS) is 17.7. The van der Waals surface area contributed by atoms with Crippen LogP contribution in [0.5, 0.6) is 0 Å². The number of nitrogens with two attached hydrogens (primary N) is 1. The number of para-hydroxylation sites is 1. The summed E-state index contributed by atoms with van der Waals surface area (Å²) in [4.78, 5) is 18.7. The number of rotatable bonds is 1. The van der Waals surface area contributed by atoms with E-state index in [0.29, 0.717) is 12.1 Å². The molecule has 4 heteroatoms. The minimum absolute atomic E-state index is 0.0224. The van der Waals surface area contributed by atoms with Crippen molar-refractivity contribution >= 4 is 11.6 Å². The van der Waals surface area contributed by atoms with Gasteiger partial charge in [-0.05, 0) is 37.1 Å². The quantitative estimate of drug-likeness (QED) is 0.858. The van der Waals surface area contributed by atoms with Gasteiger partial charge >= 0.3 is 0 Å². The summed E-state index contributed by atoms with van der Waals surface area (Å²) in [6, 6.07) is 11.5. The van der Waals surface area contributed by atoms with Gasteiger partial charge in [-0.2, -0.15) is 0 Å². The third-order valence-corrected chi connectivity index (χ3v) is 3.66. The zero-order valence-electron chi connectivity index (χ0n) is 11.4. The van der Waals surface area contributed by atoms with Crippen LogP contribution < -0.4 is 10.6 Å². The summed E-state index contributed by atoms with van der Waals surface area (Å²) in [6.07, 6.45) is 2.51. The number of carbonyl (C=O) groups excluding carboxylic acids is 1. The predicted molar refractivity (Wildman–Crippen MR) is 78.8 cm³/mol. The van der Waals surface area contributed by atoms with Gasteiger partial charge in [0.05, 0.1) is 5.56 Å². The number of anilines is 1. The monoisotopic (exact) mass is 267 g/mol. The van der Waals surface area contributed by atoms with Crippen LogP contribution in [0.3, 0.4) is 0 Å². The highest BCUT2D eigenvalue weighted by Crippen LogP contribution is 2.28. The average molecular weight is 267 g/mol. The van der Waals surface area contributed by atoms with Crippen molar-refractivity contribution in [3.8, 4) is 0 Å². The zero-order chi connectivity index (χ0) is 14.1. The Labute approximate surface area is 118 Å². The number of carbonyl (C=O) groups is 1. The number of hydrogen-bond donors (Lipinski definition) is 1. The van der Waals surface area contributed by atoms with Crippen LogP contribution in [0.15, 0.2) is 42.6 Å². The highest BCUT2D eigenvalue weighted by Gasteiger charge is 2.27. The van der Waals surface area contributed by atoms with E-state index in [4.69, 9.17) is 5.73 Å². The molecule has 2 N–H and O–H groups in total. The van der Waals surface area contributed by atoms with Gasteiger partial charge in [0.2, 0.25) is 0 Å². The first-order valence-corrected chi connectivity index (χ1v) is 6.74. The maximum atomic E-state index is 12.8. The number of aromatic nitrogens is 1. The molecule has 4 nitrogen and oxygen atoms in total. The molecule has 1 atom stereocenters. The van der Waals surface area contributed by atoms with E-state index in [-0.39, 0.29) is 11.9 Å². The van der Waals surface area contributed by atoms with Gasteiger partial charge in [-0.1, -0.05) is 18.2 Å². The number of pyridine rings is 1. The molecule has 1 amide bonds. The van der Waals surface area contributed by atoms with E-state index in [2.05, 4.69) is 4.98 Å². The van der Waals surface area contributed by atoms with Crippen LogP contribution in [-0.4, -0.2) is 23.5 Å². The molecule has 0 bridgehead atoms. The molecule has 20 heavy (non-hydrogen) atoms. The molecule has 0 fully saturated rings. The van der Waals surface area contributed by atoms with Crippen molar-refractivity contribution < 1.29 is 4.79 Å². The second-order valence-corrected chi connectivity index (χ2v) is 5.15. The van der Waals surface area contributed by atoms with Crippen molar-refractivity contribution in [2.75, 3.05) is 11.4 Å². The van der Waals surface area contributed by atoms with Crippen LogP contribution in [-0.2, 0) is 6.42 Å². The summed E-state index contributed by atoms with van der Waals surface area (Å²) in [5.74, 6) is -0.0294. The van der Waals surface area contributed by atoms with Crippen molar-refractivity contribution in [3.63, 3.8) is 0 Å². The lowest BCUT2D eigenvalue weighted by Gasteiger charge is -2.33. The minimum atomic E-state index is -0.0294. The van der Waals surface area contributed by atoms with E-state index < -0.39 is 0 Å². The molecule has 0 aliphatic carbocycles. The predicted octanol–water partition coefficient (Wildman–Crippen LogP) is 1.92. The van der Waals surface area contributed by atoms with E-state index in [0.717, 1.165) is 23.4 Å². The lowest BCUT2D eigenvalue weighted by atomic mass is 9.97. The van der Waals surface area contributed by atoms with E-state index >= 15 is 0 Å². The maximum absolute atomic E-state index is 12.8. The molecule has 1 unspecified atom stereocenters. The van der Waals surface area contributed by atoms with Crippen molar-refractivity contribution in [1.82, 2.24) is 4.98 Å². The number of amides is 1. The van der Waals surface area contributed by atoms with E-state index in [1.165, 1.54) is 0 Å². The zero-order valence-corrected chi connectivity index (χ0v) is 11.4. The topological polar surface area (TPSA) is 59.2 Å². The van der Waals surface area contributed by atoms with Gasteiger partial charge in [0, 0.05) is 30.2 Å². The standard InChI is InChI=1S/C16H17N3O/c1-11-14(6-4-8-18-11)16(20)19-10-13(17)9-12-5-2-3-7-15(12)19/h2-8,13H,9-10,17H2,1H3. The molecule has 1 aliphatic heterocycles. The number of hydrogen-bond acceptors (Lipinski definition) is 3. The smallest absolute Gasteiger partial charge is 0.260 e. The van der Waals surface area contributed by atoms with Gasteiger partial charge in [-0.25, -0.2) is 0 Å². The van der Waals surface area contributed by atoms with Crippen LogP contribution in [0.4, 0.5) is 5.69 Å². The van der Waals surface area contributed by atoms with Gasteiger partial charge < -0.3 is 10.6 Å². The van der Waals surface area contributed by atoms with Crippen LogP contribution in [0.25, 0.3) is 0 Å². The van der Waals surface area contributed by atoms with Crippen LogP contribution in [0.1, 0.15) is 21.6 Å². The van der Waals surface area contributed by atoms with Gasteiger partial charge in [-0.15, -0.1) is 0 Å². The fraction of sp³-hybridized carbons (Fsp3) is 0.250. The number of aryl methyl sites for hydroxylation is 1. The molecule has 2 heterocycles. The van der Waals surface area contributed by atoms with E-state index in [1.807, 2.05) is 37.3 Å². The third kappa shape index (κ3) is 2.18. The first kappa shape index (κ1) is 12.8. The Balaban J connectivity index is 2.02. The summed E-state index contributed by atoms with van der Waals surface area (Å²) in [6.45, 7) is 2.40. The number of fused-ring (bicyclic) bond motifs is 1. The molecule has 2 aromatic rings. The van der Waals surface area contributed by atoms with E-state index in [1.54, 1.807) is 17.2 Å². The Kier molecular flexibility index (Phi) is 3.24. The first-order valence-electron chi connectivity index (χ1n) is 6.74. The molecule has 1 aromatic carbocycles. The maximum Gasteiger partial charge on any atom is 0.260 e. The van der Waals surface area contributed by atoms with Gasteiger partial charge in [0.25, 0.3) is 5.91 Å². The molecular weight excluding hydrogens is 250 g/mol. The van der Waals surface area contributed by atoms with Gasteiger partial charge in [0.15, 0.2) is 0 Å². The van der Waals surface area contributed by atoms with Crippen LogP contribution in [0.2, 0.25) is 0 Å². The molecule has 0 saturated heterocycles. The van der Waals surface area contributed by atoms with Crippen molar-refractivity contribution in [1.29, 1.82) is 0 Å². The van der Waals surface area contributed by atoms with Crippen LogP contribution in [0, 0.1) is 6.92 Å². The van der Waals surface area contributed by atoms with E-state index in [9.17, 15) is 4.79 Å². The van der Waals surface area contributed by atoms with Crippen molar-refractivity contribution in [3.05, 3.63) is 59.4 Å². The second kappa shape index (κ2) is 5.06. The Morgan fingerprint density at radius 2 is 2.10 bits per heavy atom. The highest BCUT2D eigenvalue weighted by atomic mass is 16.2. The summed E-state index contributed by atoms with van der Waals surface area (Å²) in [5.41, 5.74) is 9.55. The fourth-order valence-electron chi connectivity index (χ4n) is 2.67. The average Bonchev–Trinajstić information content (AvgIpc) is 2.46. The summed E-state index contributed by atoms with van der Waals surface area (Å²) in [7, 11) is 0. The molecule has 0 radical (unpaired) electrons. The summed E-state index contributed by atoms with van der Waals surface area (Å²) in [5, 5.41) is 0. The highest BCUT2D eigenvalue weighted by molar-refractivity contribution is 6.07. The lowest BCUT2D eigenvalue weighted by molar-refractivity contribution is 0.0982. The molecule has 102 valence electrons. The molecule has 1 aromatic heterocycles. The number of nitrogens with zero attached hydrogens (tertiary/aromatic N) is 2. The molecular formula is C16H17N3O. The largest absolute Gasteiger partial charge is 0.326 e. The number of benzene rings is 1. The Morgan fingerprint density at radius 3 is 2.90 bits per heavy atom. The Hall–Kier alpha value is -2.20. The molecule has 0 spiro atoms. The van der Waals surface area contributed by atoms with Crippen molar-refractivity contribution in [2.24, 2.45) is 5.73 Å². The molecule has 1 aliphatic rings. The summed E-state index contributed by atoms with van der Waals surface area (Å²) >= 11 is 0. The first-order chi connectivity index (χ1) is 9.66. The minimum Gasteiger partial charge on any atom is -0.326 e.